The molecule has 1 unspecified atom stereocenters. The van der Waals surface area contributed by atoms with Gasteiger partial charge in [-0.25, -0.2) is 4.39 Å². The number of aromatic nitrogens is 2. The number of dihydropyridines is 1. The smallest absolute Gasteiger partial charge is 0.188 e. The van der Waals surface area contributed by atoms with Crippen LogP contribution in [0.4, 0.5) is 4.39 Å². The average molecular weight is 279 g/mol. The zero-order chi connectivity index (χ0) is 14.4. The Morgan fingerprint density at radius 3 is 2.90 bits per heavy atom. The van der Waals surface area contributed by atoms with E-state index in [0.29, 0.717) is 0 Å². The Bertz CT molecular complexity index is 905. The predicted octanol–water partition coefficient (Wildman–Crippen LogP) is 3.52. The van der Waals surface area contributed by atoms with Gasteiger partial charge >= 0.3 is 0 Å². The van der Waals surface area contributed by atoms with Crippen molar-refractivity contribution < 1.29 is 4.39 Å². The van der Waals surface area contributed by atoms with E-state index in [1.54, 1.807) is 12.4 Å². The number of benzene rings is 1. The number of nitrogens with zero attached hydrogens (tertiary/aromatic N) is 2. The van der Waals surface area contributed by atoms with Crippen LogP contribution in [0, 0.1) is 0 Å². The first kappa shape index (κ1) is 12.1. The summed E-state index contributed by atoms with van der Waals surface area (Å²) in [6.07, 6.45) is 7.65. The van der Waals surface area contributed by atoms with Crippen molar-refractivity contribution in [1.82, 2.24) is 14.9 Å². The molecule has 0 aliphatic carbocycles. The van der Waals surface area contributed by atoms with Crippen LogP contribution >= 0.6 is 0 Å². The molecule has 0 saturated carbocycles. The number of aryl methyl sites for hydroxylation is 1. The highest BCUT2D eigenvalue weighted by Crippen LogP contribution is 2.30. The van der Waals surface area contributed by atoms with Crippen molar-refractivity contribution in [2.75, 3.05) is 0 Å². The Morgan fingerprint density at radius 1 is 1.19 bits per heavy atom. The summed E-state index contributed by atoms with van der Waals surface area (Å²) in [6.45, 7) is 0. The van der Waals surface area contributed by atoms with Crippen molar-refractivity contribution in [2.45, 2.75) is 6.30 Å². The van der Waals surface area contributed by atoms with Crippen molar-refractivity contribution in [3.05, 3.63) is 60.6 Å². The highest BCUT2D eigenvalue weighted by Gasteiger charge is 2.11. The number of nitrogens with one attached hydrogen (secondary N) is 1. The van der Waals surface area contributed by atoms with Crippen LogP contribution in [0.2, 0.25) is 0 Å². The molecule has 0 spiro atoms. The molecule has 0 bridgehead atoms. The van der Waals surface area contributed by atoms with Crippen LogP contribution in [-0.4, -0.2) is 15.8 Å². The second-order valence-electron chi connectivity index (χ2n) is 5.21. The maximum absolute atomic E-state index is 13.1. The minimum absolute atomic E-state index is 0.981. The molecular formula is C17H14FN3. The molecule has 1 aromatic carbocycles. The Balaban J connectivity index is 1.93. The van der Waals surface area contributed by atoms with E-state index < -0.39 is 6.30 Å². The molecule has 0 radical (unpaired) electrons. The van der Waals surface area contributed by atoms with E-state index in [1.807, 2.05) is 18.3 Å². The number of fused-ring (bicyclic) bond motifs is 3. The minimum Gasteiger partial charge on any atom is -0.358 e. The zero-order valence-corrected chi connectivity index (χ0v) is 11.5. The summed E-state index contributed by atoms with van der Waals surface area (Å²) in [6, 6.07) is 8.31. The molecule has 1 aliphatic heterocycles. The van der Waals surface area contributed by atoms with Gasteiger partial charge in [0.1, 0.15) is 0 Å². The number of pyridine rings is 1. The third-order valence-electron chi connectivity index (χ3n) is 3.98. The number of halogens is 1. The van der Waals surface area contributed by atoms with Gasteiger partial charge in [-0.05, 0) is 29.3 Å². The molecule has 4 rings (SSSR count). The van der Waals surface area contributed by atoms with E-state index in [2.05, 4.69) is 40.1 Å². The van der Waals surface area contributed by atoms with E-state index in [1.165, 1.54) is 11.5 Å². The van der Waals surface area contributed by atoms with Gasteiger partial charge in [0.15, 0.2) is 6.30 Å². The van der Waals surface area contributed by atoms with E-state index in [4.69, 9.17) is 0 Å². The van der Waals surface area contributed by atoms with E-state index in [9.17, 15) is 4.39 Å². The third kappa shape index (κ3) is 1.83. The molecule has 3 heterocycles. The fourth-order valence-electron chi connectivity index (χ4n) is 2.87. The first-order valence-electron chi connectivity index (χ1n) is 6.85. The molecule has 0 fully saturated rings. The molecule has 0 amide bonds. The lowest BCUT2D eigenvalue weighted by atomic mass is 10.0. The first-order valence-corrected chi connectivity index (χ1v) is 6.85. The number of alkyl halides is 1. The van der Waals surface area contributed by atoms with Gasteiger partial charge in [-0.3, -0.25) is 4.98 Å². The summed E-state index contributed by atoms with van der Waals surface area (Å²) in [4.78, 5) is 4.21. The quantitative estimate of drug-likeness (QED) is 0.691. The minimum atomic E-state index is -1.10. The maximum Gasteiger partial charge on any atom is 0.188 e. The molecule has 3 nitrogen and oxygen atoms in total. The molecule has 104 valence electrons. The summed E-state index contributed by atoms with van der Waals surface area (Å²) >= 11 is 0. The van der Waals surface area contributed by atoms with E-state index in [-0.39, 0.29) is 0 Å². The van der Waals surface area contributed by atoms with Gasteiger partial charge in [-0.2, -0.15) is 0 Å². The molecule has 1 atom stereocenters. The van der Waals surface area contributed by atoms with Crippen molar-refractivity contribution in [3.63, 3.8) is 0 Å². The van der Waals surface area contributed by atoms with Gasteiger partial charge in [-0.1, -0.05) is 18.2 Å². The van der Waals surface area contributed by atoms with Crippen molar-refractivity contribution in [1.29, 1.82) is 0 Å². The fourth-order valence-corrected chi connectivity index (χ4v) is 2.87. The van der Waals surface area contributed by atoms with Gasteiger partial charge in [0.05, 0.1) is 5.52 Å². The lowest BCUT2D eigenvalue weighted by Crippen LogP contribution is -2.18. The Kier molecular flexibility index (Phi) is 2.57. The number of hydrogen-bond acceptors (Lipinski definition) is 2. The standard InChI is InChI=1S/C17H14FN3/c1-21-15-6-7-19-10-14(15)13-4-2-11(8-16(13)21)12-3-5-17(18)20-9-12/h2-10,17,20H,1H3. The van der Waals surface area contributed by atoms with Crippen LogP contribution in [0.15, 0.2) is 55.0 Å². The van der Waals surface area contributed by atoms with Crippen LogP contribution in [0.3, 0.4) is 0 Å². The lowest BCUT2D eigenvalue weighted by Gasteiger charge is -2.12. The normalized spacial score (nSPS) is 18.0. The fraction of sp³-hybridized carbons (Fsp3) is 0.118. The number of allylic oxidation sites excluding steroid dienone is 2. The van der Waals surface area contributed by atoms with Gasteiger partial charge in [0.25, 0.3) is 0 Å². The van der Waals surface area contributed by atoms with Gasteiger partial charge in [-0.15, -0.1) is 0 Å². The monoisotopic (exact) mass is 279 g/mol. The van der Waals surface area contributed by atoms with Crippen LogP contribution < -0.4 is 5.32 Å². The van der Waals surface area contributed by atoms with E-state index in [0.717, 1.165) is 27.6 Å². The summed E-state index contributed by atoms with van der Waals surface area (Å²) in [5.74, 6) is 0. The topological polar surface area (TPSA) is 29.9 Å². The van der Waals surface area contributed by atoms with Gasteiger partial charge in [0, 0.05) is 41.9 Å². The SMILES string of the molecule is Cn1c2ccncc2c2ccc(C3=CNC(F)C=C3)cc21. The summed E-state index contributed by atoms with van der Waals surface area (Å²) in [7, 11) is 2.05. The number of rotatable bonds is 1. The predicted molar refractivity (Wildman–Crippen MR) is 83.4 cm³/mol. The van der Waals surface area contributed by atoms with Crippen LogP contribution in [0.1, 0.15) is 5.56 Å². The second kappa shape index (κ2) is 4.45. The van der Waals surface area contributed by atoms with Crippen LogP contribution in [-0.2, 0) is 7.05 Å². The molecule has 1 aliphatic rings. The Labute approximate surface area is 121 Å². The van der Waals surface area contributed by atoms with Crippen LogP contribution in [0.25, 0.3) is 27.4 Å². The van der Waals surface area contributed by atoms with Crippen LogP contribution in [0.5, 0.6) is 0 Å². The number of hydrogen-bond donors (Lipinski definition) is 1. The van der Waals surface area contributed by atoms with Crippen molar-refractivity contribution >= 4 is 27.4 Å². The zero-order valence-electron chi connectivity index (χ0n) is 11.5. The molecule has 1 N–H and O–H groups in total. The average Bonchev–Trinajstić information content (AvgIpc) is 2.81. The van der Waals surface area contributed by atoms with Gasteiger partial charge < -0.3 is 9.88 Å². The Morgan fingerprint density at radius 2 is 2.10 bits per heavy atom. The maximum atomic E-state index is 13.1. The summed E-state index contributed by atoms with van der Waals surface area (Å²) in [5, 5.41) is 5.02. The largest absolute Gasteiger partial charge is 0.358 e. The highest BCUT2D eigenvalue weighted by atomic mass is 19.1. The van der Waals surface area contributed by atoms with Crippen molar-refractivity contribution in [3.8, 4) is 0 Å². The third-order valence-corrected chi connectivity index (χ3v) is 3.98. The Hall–Kier alpha value is -2.62. The molecule has 21 heavy (non-hydrogen) atoms. The molecule has 0 saturated heterocycles. The second-order valence-corrected chi connectivity index (χ2v) is 5.21. The highest BCUT2D eigenvalue weighted by molar-refractivity contribution is 6.08. The molecule has 4 heteroatoms. The lowest BCUT2D eigenvalue weighted by molar-refractivity contribution is 0.365. The van der Waals surface area contributed by atoms with Gasteiger partial charge in [0.2, 0.25) is 0 Å². The van der Waals surface area contributed by atoms with Crippen molar-refractivity contribution in [2.24, 2.45) is 7.05 Å². The first-order chi connectivity index (χ1) is 10.2. The molecule has 2 aromatic heterocycles. The molecule has 3 aromatic rings. The molecular weight excluding hydrogens is 265 g/mol. The summed E-state index contributed by atoms with van der Waals surface area (Å²) in [5.41, 5.74) is 4.35. The van der Waals surface area contributed by atoms with E-state index >= 15 is 0 Å². The summed E-state index contributed by atoms with van der Waals surface area (Å²) < 4.78 is 15.2.